The van der Waals surface area contributed by atoms with Crippen molar-refractivity contribution in [2.75, 3.05) is 13.1 Å². The number of nitrogens with one attached hydrogen (secondary N) is 1. The van der Waals surface area contributed by atoms with Gasteiger partial charge in [0, 0.05) is 24.2 Å². The summed E-state index contributed by atoms with van der Waals surface area (Å²) in [6, 6.07) is 5.16. The van der Waals surface area contributed by atoms with Crippen molar-refractivity contribution in [2.45, 2.75) is 44.2 Å². The Hall–Kier alpha value is -0.840. The van der Waals surface area contributed by atoms with E-state index in [2.05, 4.69) is 5.32 Å². The third kappa shape index (κ3) is 2.52. The maximum Gasteiger partial charge on any atom is 0.250 e. The van der Waals surface area contributed by atoms with Gasteiger partial charge in [0.25, 0.3) is 5.56 Å². The molecule has 1 aliphatic carbocycles. The molecule has 1 atom stereocenters. The van der Waals surface area contributed by atoms with E-state index >= 15 is 0 Å². The number of hydrogen-bond acceptors (Lipinski definition) is 3. The fourth-order valence-electron chi connectivity index (χ4n) is 3.87. The zero-order valence-corrected chi connectivity index (χ0v) is 12.5. The van der Waals surface area contributed by atoms with Crippen molar-refractivity contribution in [3.8, 4) is 0 Å². The maximum atomic E-state index is 11.9. The molecule has 2 heterocycles. The van der Waals surface area contributed by atoms with Crippen molar-refractivity contribution in [3.63, 3.8) is 0 Å². The predicted molar refractivity (Wildman–Crippen MR) is 81.3 cm³/mol. The van der Waals surface area contributed by atoms with Gasteiger partial charge in [-0.05, 0) is 31.9 Å². The maximum absolute atomic E-state index is 11.9. The minimum absolute atomic E-state index is 0. The van der Waals surface area contributed by atoms with E-state index in [1.165, 1.54) is 12.8 Å². The number of hydrogen-bond donors (Lipinski definition) is 2. The Bertz CT molecular complexity index is 511. The first-order valence-electron chi connectivity index (χ1n) is 7.24. The second-order valence-corrected chi connectivity index (χ2v) is 6.11. The first-order valence-corrected chi connectivity index (χ1v) is 7.24. The third-order valence-electron chi connectivity index (χ3n) is 5.06. The first-order chi connectivity index (χ1) is 9.15. The van der Waals surface area contributed by atoms with Crippen LogP contribution in [0.5, 0.6) is 0 Å². The highest BCUT2D eigenvalue weighted by atomic mass is 35.5. The summed E-state index contributed by atoms with van der Waals surface area (Å²) in [7, 11) is 0. The number of nitrogens with zero attached hydrogens (tertiary/aromatic N) is 1. The van der Waals surface area contributed by atoms with E-state index < -0.39 is 5.60 Å². The molecule has 1 unspecified atom stereocenters. The van der Waals surface area contributed by atoms with Crippen molar-refractivity contribution >= 4 is 12.4 Å². The van der Waals surface area contributed by atoms with Gasteiger partial charge < -0.3 is 15.0 Å². The van der Waals surface area contributed by atoms with E-state index in [-0.39, 0.29) is 23.4 Å². The van der Waals surface area contributed by atoms with Crippen molar-refractivity contribution in [3.05, 3.63) is 34.7 Å². The van der Waals surface area contributed by atoms with Crippen LogP contribution in [0.4, 0.5) is 0 Å². The average Bonchev–Trinajstić information content (AvgIpc) is 2.87. The summed E-state index contributed by atoms with van der Waals surface area (Å²) in [5.41, 5.74) is -0.817. The smallest absolute Gasteiger partial charge is 0.250 e. The van der Waals surface area contributed by atoms with Crippen LogP contribution in [-0.4, -0.2) is 28.4 Å². The van der Waals surface area contributed by atoms with Crippen LogP contribution in [0.2, 0.25) is 0 Å². The molecule has 1 aromatic rings. The molecule has 2 fully saturated rings. The van der Waals surface area contributed by atoms with Gasteiger partial charge in [-0.1, -0.05) is 18.9 Å². The molecule has 4 nitrogen and oxygen atoms in total. The molecule has 1 saturated heterocycles. The van der Waals surface area contributed by atoms with E-state index in [0.717, 1.165) is 32.4 Å². The topological polar surface area (TPSA) is 54.3 Å². The fourth-order valence-corrected chi connectivity index (χ4v) is 3.87. The van der Waals surface area contributed by atoms with Crippen molar-refractivity contribution < 1.29 is 5.11 Å². The Morgan fingerprint density at radius 1 is 1.25 bits per heavy atom. The van der Waals surface area contributed by atoms with Gasteiger partial charge in [0.1, 0.15) is 0 Å². The molecule has 3 rings (SSSR count). The third-order valence-corrected chi connectivity index (χ3v) is 5.06. The predicted octanol–water partition coefficient (Wildman–Crippen LogP) is 1.55. The van der Waals surface area contributed by atoms with Crippen LogP contribution in [0.3, 0.4) is 0 Å². The van der Waals surface area contributed by atoms with Gasteiger partial charge in [-0.15, -0.1) is 12.4 Å². The number of rotatable bonds is 2. The summed E-state index contributed by atoms with van der Waals surface area (Å²) in [5, 5.41) is 14.6. The highest BCUT2D eigenvalue weighted by Crippen LogP contribution is 2.49. The van der Waals surface area contributed by atoms with Crippen LogP contribution in [0, 0.1) is 5.41 Å². The molecule has 1 saturated carbocycles. The lowest BCUT2D eigenvalue weighted by Gasteiger charge is -2.49. The standard InChI is InChI=1S/C15H22N2O2.ClH/c18-13-5-1-4-10-17(13)12-15(19)8-9-16-11-14(15)6-2-3-7-14;/h1,4-5,10,16,19H,2-3,6-9,11-12H2;1H. The molecule has 0 aromatic carbocycles. The molecule has 2 N–H and O–H groups in total. The van der Waals surface area contributed by atoms with Crippen LogP contribution in [0.15, 0.2) is 29.2 Å². The summed E-state index contributed by atoms with van der Waals surface area (Å²) < 4.78 is 1.66. The van der Waals surface area contributed by atoms with Crippen LogP contribution < -0.4 is 10.9 Å². The van der Waals surface area contributed by atoms with Crippen molar-refractivity contribution in [2.24, 2.45) is 5.41 Å². The van der Waals surface area contributed by atoms with E-state index in [1.54, 1.807) is 22.9 Å². The molecule has 1 spiro atoms. The Labute approximate surface area is 125 Å². The quantitative estimate of drug-likeness (QED) is 0.871. The normalized spacial score (nSPS) is 28.2. The monoisotopic (exact) mass is 298 g/mol. The molecule has 1 aromatic heterocycles. The summed E-state index contributed by atoms with van der Waals surface area (Å²) in [5.74, 6) is 0. The SMILES string of the molecule is Cl.O=c1ccccn1CC1(O)CCNCC12CCCC2. The van der Waals surface area contributed by atoms with E-state index in [4.69, 9.17) is 0 Å². The van der Waals surface area contributed by atoms with Crippen molar-refractivity contribution in [1.82, 2.24) is 9.88 Å². The highest BCUT2D eigenvalue weighted by molar-refractivity contribution is 5.85. The van der Waals surface area contributed by atoms with Crippen LogP contribution in [-0.2, 0) is 6.54 Å². The molecule has 5 heteroatoms. The molecule has 2 aliphatic rings. The largest absolute Gasteiger partial charge is 0.387 e. The van der Waals surface area contributed by atoms with Crippen LogP contribution in [0.25, 0.3) is 0 Å². The molecule has 0 bridgehead atoms. The zero-order valence-electron chi connectivity index (χ0n) is 11.7. The molecule has 20 heavy (non-hydrogen) atoms. The van der Waals surface area contributed by atoms with Crippen LogP contribution in [0.1, 0.15) is 32.1 Å². The Morgan fingerprint density at radius 3 is 2.70 bits per heavy atom. The lowest BCUT2D eigenvalue weighted by atomic mass is 9.66. The summed E-state index contributed by atoms with van der Waals surface area (Å²) in [6.45, 7) is 2.14. The minimum Gasteiger partial charge on any atom is -0.387 e. The van der Waals surface area contributed by atoms with E-state index in [9.17, 15) is 9.90 Å². The van der Waals surface area contributed by atoms with Gasteiger partial charge in [0.05, 0.1) is 12.1 Å². The Morgan fingerprint density at radius 2 is 2.00 bits per heavy atom. The fraction of sp³-hybridized carbons (Fsp3) is 0.667. The van der Waals surface area contributed by atoms with E-state index in [1.807, 2.05) is 6.07 Å². The van der Waals surface area contributed by atoms with Gasteiger partial charge in [0.2, 0.25) is 0 Å². The second kappa shape index (κ2) is 5.88. The lowest BCUT2D eigenvalue weighted by Crippen LogP contribution is -2.60. The average molecular weight is 299 g/mol. The van der Waals surface area contributed by atoms with E-state index in [0.29, 0.717) is 6.54 Å². The lowest BCUT2D eigenvalue weighted by molar-refractivity contribution is -0.115. The first kappa shape index (κ1) is 15.5. The van der Waals surface area contributed by atoms with Crippen LogP contribution >= 0.6 is 12.4 Å². The van der Waals surface area contributed by atoms with Gasteiger partial charge in [0.15, 0.2) is 0 Å². The summed E-state index contributed by atoms with van der Waals surface area (Å²) in [6.07, 6.45) is 7.02. The molecule has 0 radical (unpaired) electrons. The van der Waals surface area contributed by atoms with Gasteiger partial charge in [-0.25, -0.2) is 0 Å². The highest BCUT2D eigenvalue weighted by Gasteiger charge is 2.53. The number of aliphatic hydroxyl groups is 1. The number of pyridine rings is 1. The number of aromatic nitrogens is 1. The molecular weight excluding hydrogens is 276 g/mol. The number of halogens is 1. The summed E-state index contributed by atoms with van der Waals surface area (Å²) >= 11 is 0. The number of piperidine rings is 1. The Balaban J connectivity index is 0.00000147. The minimum atomic E-state index is -0.750. The molecule has 0 amide bonds. The second-order valence-electron chi connectivity index (χ2n) is 6.11. The van der Waals surface area contributed by atoms with Gasteiger partial charge in [-0.3, -0.25) is 4.79 Å². The van der Waals surface area contributed by atoms with Crippen molar-refractivity contribution in [1.29, 1.82) is 0 Å². The summed E-state index contributed by atoms with van der Waals surface area (Å²) in [4.78, 5) is 11.9. The Kier molecular flexibility index (Phi) is 4.57. The molecule has 1 aliphatic heterocycles. The molecular formula is C15H23ClN2O2. The molecule has 112 valence electrons. The zero-order chi connectivity index (χ0) is 13.3. The van der Waals surface area contributed by atoms with Gasteiger partial charge >= 0.3 is 0 Å². The van der Waals surface area contributed by atoms with Gasteiger partial charge in [-0.2, -0.15) is 0 Å².